The van der Waals surface area contributed by atoms with E-state index in [0.29, 0.717) is 11.4 Å². The third-order valence-corrected chi connectivity index (χ3v) is 3.27. The van der Waals surface area contributed by atoms with E-state index in [1.54, 1.807) is 12.1 Å². The van der Waals surface area contributed by atoms with Crippen LogP contribution >= 0.6 is 0 Å². The third kappa shape index (κ3) is 3.60. The van der Waals surface area contributed by atoms with Gasteiger partial charge in [-0.15, -0.1) is 0 Å². The number of pyridine rings is 1. The van der Waals surface area contributed by atoms with Gasteiger partial charge in [0.1, 0.15) is 5.82 Å². The molecule has 4 nitrogen and oxygen atoms in total. The van der Waals surface area contributed by atoms with Gasteiger partial charge in [-0.2, -0.15) is 0 Å². The lowest BCUT2D eigenvalue weighted by Crippen LogP contribution is -2.18. The number of aromatic nitrogens is 1. The maximum atomic E-state index is 12.4. The Balaban J connectivity index is 2.32. The van der Waals surface area contributed by atoms with Gasteiger partial charge in [0.25, 0.3) is 5.91 Å². The van der Waals surface area contributed by atoms with Crippen molar-refractivity contribution in [1.29, 1.82) is 0 Å². The molecule has 0 saturated carbocycles. The number of carbonyl (C=O) groups excluding carboxylic acids is 1. The van der Waals surface area contributed by atoms with Crippen molar-refractivity contribution in [1.82, 2.24) is 4.98 Å². The number of hydrogen-bond donors (Lipinski definition) is 2. The summed E-state index contributed by atoms with van der Waals surface area (Å²) < 4.78 is 0. The highest BCUT2D eigenvalue weighted by Crippen LogP contribution is 2.23. The maximum absolute atomic E-state index is 12.4. The summed E-state index contributed by atoms with van der Waals surface area (Å²) in [5.74, 6) is 0.182. The van der Waals surface area contributed by atoms with Crippen LogP contribution in [0.3, 0.4) is 0 Å². The largest absolute Gasteiger partial charge is 0.384 e. The number of amides is 1. The zero-order chi connectivity index (χ0) is 15.6. The number of aryl methyl sites for hydroxylation is 1. The quantitative estimate of drug-likeness (QED) is 0.886. The molecule has 0 aliphatic heterocycles. The van der Waals surface area contributed by atoms with Crippen LogP contribution in [-0.4, -0.2) is 10.9 Å². The van der Waals surface area contributed by atoms with Gasteiger partial charge in [-0.3, -0.25) is 4.79 Å². The van der Waals surface area contributed by atoms with Gasteiger partial charge in [0, 0.05) is 22.4 Å². The van der Waals surface area contributed by atoms with Crippen LogP contribution in [0.25, 0.3) is 0 Å². The summed E-state index contributed by atoms with van der Waals surface area (Å²) >= 11 is 0. The highest BCUT2D eigenvalue weighted by atomic mass is 16.1. The highest BCUT2D eigenvalue weighted by molar-refractivity contribution is 6.05. The summed E-state index contributed by atoms with van der Waals surface area (Å²) in [6.45, 7) is 8.07. The molecule has 3 N–H and O–H groups in total. The summed E-state index contributed by atoms with van der Waals surface area (Å²) in [5.41, 5.74) is 8.81. The standard InChI is InChI=1S/C17H21N3O/c1-11-7-5-6-8-13(11)19-16(21)12-9-14(17(2,3)4)20-15(18)10-12/h5-10H,1-4H3,(H2,18,20)(H,19,21). The lowest BCUT2D eigenvalue weighted by Gasteiger charge is -2.19. The Morgan fingerprint density at radius 2 is 1.86 bits per heavy atom. The second-order valence-electron chi connectivity index (χ2n) is 6.18. The molecule has 2 rings (SSSR count). The van der Waals surface area contributed by atoms with Crippen LogP contribution in [0, 0.1) is 6.92 Å². The summed E-state index contributed by atoms with van der Waals surface area (Å²) in [4.78, 5) is 16.7. The second-order valence-corrected chi connectivity index (χ2v) is 6.18. The minimum atomic E-state index is -0.177. The Morgan fingerprint density at radius 3 is 2.48 bits per heavy atom. The average molecular weight is 283 g/mol. The molecule has 1 aromatic carbocycles. The van der Waals surface area contributed by atoms with Crippen LogP contribution in [0.2, 0.25) is 0 Å². The van der Waals surface area contributed by atoms with E-state index in [9.17, 15) is 4.79 Å². The molecule has 110 valence electrons. The van der Waals surface area contributed by atoms with Crippen molar-refractivity contribution in [2.24, 2.45) is 0 Å². The van der Waals surface area contributed by atoms with Gasteiger partial charge < -0.3 is 11.1 Å². The van der Waals surface area contributed by atoms with Gasteiger partial charge in [0.2, 0.25) is 0 Å². The van der Waals surface area contributed by atoms with Gasteiger partial charge in [0.15, 0.2) is 0 Å². The number of nitrogen functional groups attached to an aromatic ring is 1. The van der Waals surface area contributed by atoms with Crippen molar-refractivity contribution in [3.8, 4) is 0 Å². The number of benzene rings is 1. The molecule has 1 heterocycles. The first-order valence-corrected chi connectivity index (χ1v) is 6.92. The maximum Gasteiger partial charge on any atom is 0.255 e. The van der Waals surface area contributed by atoms with Crippen LogP contribution in [0.5, 0.6) is 0 Å². The van der Waals surface area contributed by atoms with E-state index in [1.807, 2.05) is 52.0 Å². The topological polar surface area (TPSA) is 68.0 Å². The van der Waals surface area contributed by atoms with Gasteiger partial charge >= 0.3 is 0 Å². The molecule has 0 aliphatic rings. The minimum Gasteiger partial charge on any atom is -0.384 e. The Labute approximate surface area is 125 Å². The Hall–Kier alpha value is -2.36. The second kappa shape index (κ2) is 5.56. The van der Waals surface area contributed by atoms with Crippen molar-refractivity contribution in [3.05, 3.63) is 53.2 Å². The van der Waals surface area contributed by atoms with Crippen LogP contribution in [0.15, 0.2) is 36.4 Å². The summed E-state index contributed by atoms with van der Waals surface area (Å²) in [6.07, 6.45) is 0. The first-order valence-electron chi connectivity index (χ1n) is 6.92. The highest BCUT2D eigenvalue weighted by Gasteiger charge is 2.19. The normalized spacial score (nSPS) is 11.2. The predicted octanol–water partition coefficient (Wildman–Crippen LogP) is 3.52. The smallest absolute Gasteiger partial charge is 0.255 e. The molecule has 2 aromatic rings. The number of anilines is 2. The molecule has 0 fully saturated rings. The first kappa shape index (κ1) is 15.0. The van der Waals surface area contributed by atoms with Crippen LogP contribution < -0.4 is 11.1 Å². The molecule has 1 amide bonds. The fourth-order valence-corrected chi connectivity index (χ4v) is 1.97. The molecule has 0 aliphatic carbocycles. The number of para-hydroxylation sites is 1. The molecule has 0 unspecified atom stereocenters. The van der Waals surface area contributed by atoms with E-state index in [2.05, 4.69) is 10.3 Å². The lowest BCUT2D eigenvalue weighted by molar-refractivity contribution is 0.102. The molecule has 0 bridgehead atoms. The summed E-state index contributed by atoms with van der Waals surface area (Å²) in [7, 11) is 0. The molecule has 1 aromatic heterocycles. The van der Waals surface area contributed by atoms with Crippen molar-refractivity contribution in [2.75, 3.05) is 11.1 Å². The summed E-state index contributed by atoms with van der Waals surface area (Å²) in [5, 5.41) is 2.91. The van der Waals surface area contributed by atoms with E-state index in [0.717, 1.165) is 16.9 Å². The van der Waals surface area contributed by atoms with E-state index >= 15 is 0 Å². The zero-order valence-electron chi connectivity index (χ0n) is 12.9. The predicted molar refractivity (Wildman–Crippen MR) is 86.5 cm³/mol. The molecule has 0 atom stereocenters. The number of carbonyl (C=O) groups is 1. The van der Waals surface area contributed by atoms with Gasteiger partial charge in [-0.1, -0.05) is 39.0 Å². The van der Waals surface area contributed by atoms with Gasteiger partial charge in [0.05, 0.1) is 0 Å². The number of hydrogen-bond acceptors (Lipinski definition) is 3. The van der Waals surface area contributed by atoms with Crippen molar-refractivity contribution >= 4 is 17.4 Å². The van der Waals surface area contributed by atoms with Gasteiger partial charge in [-0.25, -0.2) is 4.98 Å². The molecule has 4 heteroatoms. The van der Waals surface area contributed by atoms with Gasteiger partial charge in [-0.05, 0) is 30.7 Å². The Morgan fingerprint density at radius 1 is 1.19 bits per heavy atom. The van der Waals surface area contributed by atoms with E-state index in [4.69, 9.17) is 5.73 Å². The van der Waals surface area contributed by atoms with E-state index < -0.39 is 0 Å². The average Bonchev–Trinajstić information content (AvgIpc) is 2.39. The van der Waals surface area contributed by atoms with Crippen molar-refractivity contribution < 1.29 is 4.79 Å². The van der Waals surface area contributed by atoms with Crippen molar-refractivity contribution in [3.63, 3.8) is 0 Å². The number of rotatable bonds is 2. The monoisotopic (exact) mass is 283 g/mol. The third-order valence-electron chi connectivity index (χ3n) is 3.27. The summed E-state index contributed by atoms with van der Waals surface area (Å²) in [6, 6.07) is 11.1. The van der Waals surface area contributed by atoms with E-state index in [1.165, 1.54) is 0 Å². The number of nitrogens with two attached hydrogens (primary N) is 1. The minimum absolute atomic E-state index is 0.160. The zero-order valence-corrected chi connectivity index (χ0v) is 12.9. The lowest BCUT2D eigenvalue weighted by atomic mass is 9.90. The molecule has 0 saturated heterocycles. The van der Waals surface area contributed by atoms with Crippen molar-refractivity contribution in [2.45, 2.75) is 33.1 Å². The fraction of sp³-hybridized carbons (Fsp3) is 0.294. The Kier molecular flexibility index (Phi) is 3.98. The molecular weight excluding hydrogens is 262 g/mol. The molecular formula is C17H21N3O. The van der Waals surface area contributed by atoms with Crippen LogP contribution in [-0.2, 0) is 5.41 Å². The molecule has 0 spiro atoms. The van der Waals surface area contributed by atoms with Crippen LogP contribution in [0.1, 0.15) is 42.4 Å². The fourth-order valence-electron chi connectivity index (χ4n) is 1.97. The van der Waals surface area contributed by atoms with Crippen LogP contribution in [0.4, 0.5) is 11.5 Å². The number of nitrogens with zero attached hydrogens (tertiary/aromatic N) is 1. The first-order chi connectivity index (χ1) is 9.77. The Bertz CT molecular complexity index is 672. The number of nitrogens with one attached hydrogen (secondary N) is 1. The molecule has 21 heavy (non-hydrogen) atoms. The molecule has 0 radical (unpaired) electrons. The van der Waals surface area contributed by atoms with E-state index in [-0.39, 0.29) is 11.3 Å². The SMILES string of the molecule is Cc1ccccc1NC(=O)c1cc(N)nc(C(C)(C)C)c1.